The molecule has 1 heterocycles. The van der Waals surface area contributed by atoms with Gasteiger partial charge in [0.2, 0.25) is 0 Å². The third-order valence-corrected chi connectivity index (χ3v) is 3.64. The van der Waals surface area contributed by atoms with Crippen LogP contribution in [-0.2, 0) is 6.54 Å². The third kappa shape index (κ3) is 2.82. The molecule has 0 aliphatic carbocycles. The van der Waals surface area contributed by atoms with E-state index in [1.54, 1.807) is 36.2 Å². The fraction of sp³-hybridized carbons (Fsp3) is 0.467. The molecule has 20 heavy (non-hydrogen) atoms. The number of hydrogen-bond donors (Lipinski definition) is 1. The Hall–Kier alpha value is -1.88. The Kier molecular flexibility index (Phi) is 4.39. The fourth-order valence-corrected chi connectivity index (χ4v) is 2.13. The van der Waals surface area contributed by atoms with Crippen LogP contribution in [0, 0.1) is 11.8 Å². The summed E-state index contributed by atoms with van der Waals surface area (Å²) in [5.41, 5.74) is 0.546. The van der Waals surface area contributed by atoms with Crippen molar-refractivity contribution in [3.63, 3.8) is 0 Å². The van der Waals surface area contributed by atoms with Gasteiger partial charge in [-0.1, -0.05) is 13.8 Å². The summed E-state index contributed by atoms with van der Waals surface area (Å²) in [4.78, 5) is 16.7. The minimum atomic E-state index is -0.104. The number of methoxy groups -OCH3 is 1. The number of rotatable bonds is 5. The Balaban J connectivity index is 2.45. The van der Waals surface area contributed by atoms with Gasteiger partial charge in [0.25, 0.3) is 5.56 Å². The van der Waals surface area contributed by atoms with Gasteiger partial charge in [0, 0.05) is 19.1 Å². The first-order valence-electron chi connectivity index (χ1n) is 6.71. The van der Waals surface area contributed by atoms with Crippen molar-refractivity contribution >= 4 is 10.9 Å². The van der Waals surface area contributed by atoms with Gasteiger partial charge in [-0.05, 0) is 24.1 Å². The second-order valence-electron chi connectivity index (χ2n) is 5.27. The maximum Gasteiger partial charge on any atom is 0.261 e. The monoisotopic (exact) mass is 276 g/mol. The van der Waals surface area contributed by atoms with Crippen LogP contribution in [0.1, 0.15) is 13.8 Å². The molecule has 0 unspecified atom stereocenters. The van der Waals surface area contributed by atoms with Gasteiger partial charge in [-0.25, -0.2) is 4.98 Å². The number of hydrogen-bond acceptors (Lipinski definition) is 4. The highest BCUT2D eigenvalue weighted by Gasteiger charge is 2.15. The van der Waals surface area contributed by atoms with Crippen LogP contribution in [0.2, 0.25) is 0 Å². The molecule has 0 aliphatic heterocycles. The van der Waals surface area contributed by atoms with Gasteiger partial charge in [-0.2, -0.15) is 0 Å². The molecule has 0 saturated heterocycles. The average Bonchev–Trinajstić information content (AvgIpc) is 2.46. The molecule has 1 atom stereocenters. The SMILES string of the molecule is COc1ccc2ncn(C[C@@H](CO)C(C)C)c(=O)c2c1. The van der Waals surface area contributed by atoms with Gasteiger partial charge in [0.1, 0.15) is 5.75 Å². The van der Waals surface area contributed by atoms with Gasteiger partial charge < -0.3 is 9.84 Å². The van der Waals surface area contributed by atoms with Gasteiger partial charge in [0.05, 0.1) is 24.3 Å². The van der Waals surface area contributed by atoms with Crippen LogP contribution >= 0.6 is 0 Å². The Bertz CT molecular complexity index is 649. The molecule has 0 aliphatic rings. The van der Waals surface area contributed by atoms with E-state index in [0.29, 0.717) is 29.1 Å². The normalized spacial score (nSPS) is 12.8. The lowest BCUT2D eigenvalue weighted by molar-refractivity contribution is 0.171. The van der Waals surface area contributed by atoms with E-state index in [1.807, 2.05) is 13.8 Å². The third-order valence-electron chi connectivity index (χ3n) is 3.64. The Labute approximate surface area is 117 Å². The highest BCUT2D eigenvalue weighted by atomic mass is 16.5. The van der Waals surface area contributed by atoms with Crippen LogP contribution in [0.25, 0.3) is 10.9 Å². The lowest BCUT2D eigenvalue weighted by Gasteiger charge is -2.19. The molecule has 5 nitrogen and oxygen atoms in total. The second kappa shape index (κ2) is 6.05. The van der Waals surface area contributed by atoms with Crippen molar-refractivity contribution in [1.82, 2.24) is 9.55 Å². The summed E-state index contributed by atoms with van der Waals surface area (Å²) in [6.07, 6.45) is 1.54. The number of ether oxygens (including phenoxy) is 1. The molecule has 2 aromatic rings. The van der Waals surface area contributed by atoms with E-state index in [4.69, 9.17) is 4.74 Å². The molecule has 1 N–H and O–H groups in total. The van der Waals surface area contributed by atoms with Crippen LogP contribution in [0.15, 0.2) is 29.3 Å². The maximum absolute atomic E-state index is 12.5. The first kappa shape index (κ1) is 14.5. The van der Waals surface area contributed by atoms with Crippen molar-refractivity contribution < 1.29 is 9.84 Å². The molecule has 0 fully saturated rings. The Morgan fingerprint density at radius 2 is 2.15 bits per heavy atom. The largest absolute Gasteiger partial charge is 0.497 e. The molecule has 0 spiro atoms. The highest BCUT2D eigenvalue weighted by Crippen LogP contribution is 2.17. The summed E-state index contributed by atoms with van der Waals surface area (Å²) in [6.45, 7) is 4.58. The molecule has 0 amide bonds. The molecule has 0 saturated carbocycles. The minimum absolute atomic E-state index is 0.0394. The molecule has 0 radical (unpaired) electrons. The first-order valence-corrected chi connectivity index (χ1v) is 6.71. The van der Waals surface area contributed by atoms with Gasteiger partial charge in [0.15, 0.2) is 0 Å². The number of benzene rings is 1. The zero-order chi connectivity index (χ0) is 14.7. The number of aliphatic hydroxyl groups is 1. The van der Waals surface area contributed by atoms with Crippen molar-refractivity contribution in [2.45, 2.75) is 20.4 Å². The Morgan fingerprint density at radius 1 is 1.40 bits per heavy atom. The zero-order valence-corrected chi connectivity index (χ0v) is 12.0. The average molecular weight is 276 g/mol. The molecule has 2 rings (SSSR count). The van der Waals surface area contributed by atoms with E-state index in [2.05, 4.69) is 4.98 Å². The summed E-state index contributed by atoms with van der Waals surface area (Å²) in [7, 11) is 1.57. The standard InChI is InChI=1S/C15H20N2O3/c1-10(2)11(8-18)7-17-9-16-14-5-4-12(20-3)6-13(14)15(17)19/h4-6,9-11,18H,7-8H2,1-3H3/t11-/m0/s1. The van der Waals surface area contributed by atoms with E-state index >= 15 is 0 Å². The van der Waals surface area contributed by atoms with Crippen LogP contribution in [0.4, 0.5) is 0 Å². The van der Waals surface area contributed by atoms with Crippen molar-refractivity contribution in [2.24, 2.45) is 11.8 Å². The quantitative estimate of drug-likeness (QED) is 0.902. The molecular weight excluding hydrogens is 256 g/mol. The van der Waals surface area contributed by atoms with E-state index in [1.165, 1.54) is 0 Å². The zero-order valence-electron chi connectivity index (χ0n) is 12.0. The summed E-state index contributed by atoms with van der Waals surface area (Å²) in [5.74, 6) is 0.974. The number of fused-ring (bicyclic) bond motifs is 1. The topological polar surface area (TPSA) is 64.3 Å². The van der Waals surface area contributed by atoms with E-state index in [0.717, 1.165) is 0 Å². The summed E-state index contributed by atoms with van der Waals surface area (Å²) < 4.78 is 6.70. The van der Waals surface area contributed by atoms with Crippen LogP contribution in [0.3, 0.4) is 0 Å². The van der Waals surface area contributed by atoms with Crippen molar-refractivity contribution in [1.29, 1.82) is 0 Å². The smallest absolute Gasteiger partial charge is 0.261 e. The van der Waals surface area contributed by atoms with Crippen molar-refractivity contribution in [3.8, 4) is 5.75 Å². The molecule has 108 valence electrons. The molecule has 5 heteroatoms. The Morgan fingerprint density at radius 3 is 2.75 bits per heavy atom. The highest BCUT2D eigenvalue weighted by molar-refractivity contribution is 5.78. The summed E-state index contributed by atoms with van der Waals surface area (Å²) in [5, 5.41) is 9.92. The van der Waals surface area contributed by atoms with Crippen molar-refractivity contribution in [3.05, 3.63) is 34.9 Å². The molecule has 1 aromatic heterocycles. The predicted octanol–water partition coefficient (Wildman–Crippen LogP) is 1.67. The number of nitrogens with zero attached hydrogens (tertiary/aromatic N) is 2. The fourth-order valence-electron chi connectivity index (χ4n) is 2.13. The van der Waals surface area contributed by atoms with Crippen molar-refractivity contribution in [2.75, 3.05) is 13.7 Å². The van der Waals surface area contributed by atoms with Crippen LogP contribution < -0.4 is 10.3 Å². The summed E-state index contributed by atoms with van der Waals surface area (Å²) >= 11 is 0. The van der Waals surface area contributed by atoms with E-state index in [-0.39, 0.29) is 18.1 Å². The van der Waals surface area contributed by atoms with E-state index < -0.39 is 0 Å². The molecule has 0 bridgehead atoms. The molecule has 1 aromatic carbocycles. The van der Waals surface area contributed by atoms with E-state index in [9.17, 15) is 9.90 Å². The maximum atomic E-state index is 12.5. The van der Waals surface area contributed by atoms with Crippen LogP contribution in [-0.4, -0.2) is 28.4 Å². The second-order valence-corrected chi connectivity index (χ2v) is 5.27. The first-order chi connectivity index (χ1) is 9.56. The van der Waals surface area contributed by atoms with Crippen LogP contribution in [0.5, 0.6) is 5.75 Å². The number of aliphatic hydroxyl groups excluding tert-OH is 1. The summed E-state index contributed by atoms with van der Waals surface area (Å²) in [6, 6.07) is 5.25. The number of aromatic nitrogens is 2. The minimum Gasteiger partial charge on any atom is -0.497 e. The molecular formula is C15H20N2O3. The van der Waals surface area contributed by atoms with Gasteiger partial charge in [-0.3, -0.25) is 9.36 Å². The van der Waals surface area contributed by atoms with Gasteiger partial charge in [-0.15, -0.1) is 0 Å². The van der Waals surface area contributed by atoms with Gasteiger partial charge >= 0.3 is 0 Å². The predicted molar refractivity (Wildman–Crippen MR) is 78.0 cm³/mol. The lowest BCUT2D eigenvalue weighted by Crippen LogP contribution is -2.28. The lowest BCUT2D eigenvalue weighted by atomic mass is 9.97.